The van der Waals surface area contributed by atoms with E-state index in [-0.39, 0.29) is 11.3 Å². The SMILES string of the molecule is CC(C)(C)CNC(=O)C(C)(C)NCc1ccc2c(c1)OCCO2. The number of carbonyl (C=O) groups is 1. The van der Waals surface area contributed by atoms with Gasteiger partial charge in [-0.15, -0.1) is 0 Å². The molecule has 5 nitrogen and oxygen atoms in total. The largest absolute Gasteiger partial charge is 0.486 e. The highest BCUT2D eigenvalue weighted by atomic mass is 16.6. The molecule has 1 aromatic carbocycles. The van der Waals surface area contributed by atoms with Gasteiger partial charge in [-0.25, -0.2) is 0 Å². The Labute approximate surface area is 138 Å². The lowest BCUT2D eigenvalue weighted by Gasteiger charge is -2.28. The van der Waals surface area contributed by atoms with Crippen LogP contribution >= 0.6 is 0 Å². The van der Waals surface area contributed by atoms with Crippen LogP contribution in [0.15, 0.2) is 18.2 Å². The Hall–Kier alpha value is -1.75. The van der Waals surface area contributed by atoms with Crippen molar-refractivity contribution in [3.8, 4) is 11.5 Å². The van der Waals surface area contributed by atoms with Gasteiger partial charge >= 0.3 is 0 Å². The first-order chi connectivity index (χ1) is 10.7. The third-order valence-electron chi connectivity index (χ3n) is 3.69. The Morgan fingerprint density at radius 1 is 1.09 bits per heavy atom. The fraction of sp³-hybridized carbons (Fsp3) is 0.611. The highest BCUT2D eigenvalue weighted by Gasteiger charge is 2.27. The summed E-state index contributed by atoms with van der Waals surface area (Å²) in [5, 5.41) is 6.31. The van der Waals surface area contributed by atoms with E-state index >= 15 is 0 Å². The van der Waals surface area contributed by atoms with E-state index in [1.54, 1.807) is 0 Å². The molecule has 2 rings (SSSR count). The average Bonchev–Trinajstić information content (AvgIpc) is 2.49. The maximum Gasteiger partial charge on any atom is 0.239 e. The predicted octanol–water partition coefficient (Wildman–Crippen LogP) is 2.49. The van der Waals surface area contributed by atoms with Gasteiger partial charge in [-0.1, -0.05) is 26.8 Å². The summed E-state index contributed by atoms with van der Waals surface area (Å²) in [6, 6.07) is 5.87. The van der Waals surface area contributed by atoms with Crippen LogP contribution in [0.1, 0.15) is 40.2 Å². The molecule has 1 aliphatic heterocycles. The van der Waals surface area contributed by atoms with Crippen LogP contribution in [0.2, 0.25) is 0 Å². The number of benzene rings is 1. The number of rotatable bonds is 5. The van der Waals surface area contributed by atoms with Gasteiger partial charge < -0.3 is 14.8 Å². The highest BCUT2D eigenvalue weighted by molar-refractivity contribution is 5.85. The van der Waals surface area contributed by atoms with Crippen molar-refractivity contribution in [1.29, 1.82) is 0 Å². The minimum atomic E-state index is -0.640. The smallest absolute Gasteiger partial charge is 0.239 e. The summed E-state index contributed by atoms with van der Waals surface area (Å²) in [6.07, 6.45) is 0. The number of amides is 1. The molecule has 0 bridgehead atoms. The van der Waals surface area contributed by atoms with Crippen LogP contribution in [-0.4, -0.2) is 31.2 Å². The lowest BCUT2D eigenvalue weighted by Crippen LogP contribution is -2.53. The number of ether oxygens (including phenoxy) is 2. The van der Waals surface area contributed by atoms with Gasteiger partial charge in [-0.3, -0.25) is 10.1 Å². The van der Waals surface area contributed by atoms with Gasteiger partial charge in [0.15, 0.2) is 11.5 Å². The van der Waals surface area contributed by atoms with Gasteiger partial charge in [0.25, 0.3) is 0 Å². The van der Waals surface area contributed by atoms with Crippen molar-refractivity contribution >= 4 is 5.91 Å². The maximum atomic E-state index is 12.3. The fourth-order valence-corrected chi connectivity index (χ4v) is 2.17. The van der Waals surface area contributed by atoms with E-state index in [2.05, 4.69) is 31.4 Å². The molecular weight excluding hydrogens is 292 g/mol. The predicted molar refractivity (Wildman–Crippen MR) is 90.8 cm³/mol. The van der Waals surface area contributed by atoms with Crippen LogP contribution in [0.4, 0.5) is 0 Å². The molecule has 0 spiro atoms. The second-order valence-electron chi connectivity index (χ2n) is 7.70. The summed E-state index contributed by atoms with van der Waals surface area (Å²) in [4.78, 5) is 12.3. The molecule has 0 saturated carbocycles. The minimum absolute atomic E-state index is 0.00460. The Morgan fingerprint density at radius 3 is 2.39 bits per heavy atom. The van der Waals surface area contributed by atoms with E-state index in [1.807, 2.05) is 32.0 Å². The molecule has 0 atom stereocenters. The molecule has 0 radical (unpaired) electrons. The summed E-state index contributed by atoms with van der Waals surface area (Å²) < 4.78 is 11.1. The van der Waals surface area contributed by atoms with Crippen LogP contribution in [0, 0.1) is 5.41 Å². The minimum Gasteiger partial charge on any atom is -0.486 e. The number of hydrogen-bond donors (Lipinski definition) is 2. The molecule has 2 N–H and O–H groups in total. The highest BCUT2D eigenvalue weighted by Crippen LogP contribution is 2.30. The van der Waals surface area contributed by atoms with Crippen LogP contribution < -0.4 is 20.1 Å². The zero-order valence-corrected chi connectivity index (χ0v) is 14.8. The summed E-state index contributed by atoms with van der Waals surface area (Å²) in [5.74, 6) is 1.55. The zero-order chi connectivity index (χ0) is 17.1. The lowest BCUT2D eigenvalue weighted by atomic mass is 9.96. The Morgan fingerprint density at radius 2 is 1.74 bits per heavy atom. The molecule has 0 aliphatic carbocycles. The molecule has 128 valence electrons. The van der Waals surface area contributed by atoms with Crippen LogP contribution in [0.25, 0.3) is 0 Å². The number of fused-ring (bicyclic) bond motifs is 1. The molecule has 0 fully saturated rings. The Kier molecular flexibility index (Phi) is 5.19. The monoisotopic (exact) mass is 320 g/mol. The van der Waals surface area contributed by atoms with Gasteiger partial charge in [0, 0.05) is 13.1 Å². The lowest BCUT2D eigenvalue weighted by molar-refractivity contribution is -0.126. The third-order valence-corrected chi connectivity index (χ3v) is 3.69. The standard InChI is InChI=1S/C18H28N2O3/c1-17(2,3)12-19-16(21)18(4,5)20-11-13-6-7-14-15(10-13)23-9-8-22-14/h6-7,10,20H,8-9,11-12H2,1-5H3,(H,19,21). The summed E-state index contributed by atoms with van der Waals surface area (Å²) >= 11 is 0. The van der Waals surface area contributed by atoms with Gasteiger partial charge in [-0.2, -0.15) is 0 Å². The van der Waals surface area contributed by atoms with Crippen molar-refractivity contribution < 1.29 is 14.3 Å². The van der Waals surface area contributed by atoms with Crippen molar-refractivity contribution in [2.75, 3.05) is 19.8 Å². The number of nitrogens with one attached hydrogen (secondary N) is 2. The number of hydrogen-bond acceptors (Lipinski definition) is 4. The van der Waals surface area contributed by atoms with Gasteiger partial charge in [0.1, 0.15) is 13.2 Å². The van der Waals surface area contributed by atoms with Gasteiger partial charge in [0.2, 0.25) is 5.91 Å². The van der Waals surface area contributed by atoms with E-state index in [4.69, 9.17) is 9.47 Å². The number of carbonyl (C=O) groups excluding carboxylic acids is 1. The fourth-order valence-electron chi connectivity index (χ4n) is 2.17. The molecule has 1 aliphatic rings. The van der Waals surface area contributed by atoms with Crippen molar-refractivity contribution in [3.05, 3.63) is 23.8 Å². The van der Waals surface area contributed by atoms with Crippen LogP contribution in [0.5, 0.6) is 11.5 Å². The summed E-state index contributed by atoms with van der Waals surface area (Å²) in [7, 11) is 0. The zero-order valence-electron chi connectivity index (χ0n) is 14.8. The molecular formula is C18H28N2O3. The second-order valence-corrected chi connectivity index (χ2v) is 7.70. The topological polar surface area (TPSA) is 59.6 Å². The quantitative estimate of drug-likeness (QED) is 0.875. The third kappa shape index (κ3) is 5.13. The van der Waals surface area contributed by atoms with Crippen molar-refractivity contribution in [2.24, 2.45) is 5.41 Å². The Balaban J connectivity index is 1.92. The Bertz CT molecular complexity index is 562. The molecule has 0 unspecified atom stereocenters. The van der Waals surface area contributed by atoms with Crippen molar-refractivity contribution in [3.63, 3.8) is 0 Å². The second kappa shape index (κ2) is 6.79. The van der Waals surface area contributed by atoms with Gasteiger partial charge in [-0.05, 0) is 37.0 Å². The molecule has 23 heavy (non-hydrogen) atoms. The molecule has 1 heterocycles. The average molecular weight is 320 g/mol. The van der Waals surface area contributed by atoms with E-state index in [0.29, 0.717) is 26.3 Å². The molecule has 0 saturated heterocycles. The first kappa shape index (κ1) is 17.6. The van der Waals surface area contributed by atoms with Crippen LogP contribution in [0.3, 0.4) is 0 Å². The van der Waals surface area contributed by atoms with E-state index in [9.17, 15) is 4.79 Å². The van der Waals surface area contributed by atoms with Crippen molar-refractivity contribution in [2.45, 2.75) is 46.7 Å². The summed E-state index contributed by atoms with van der Waals surface area (Å²) in [6.45, 7) is 12.5. The van der Waals surface area contributed by atoms with E-state index in [0.717, 1.165) is 17.1 Å². The first-order valence-corrected chi connectivity index (χ1v) is 8.09. The van der Waals surface area contributed by atoms with E-state index in [1.165, 1.54) is 0 Å². The maximum absolute atomic E-state index is 12.3. The molecule has 1 amide bonds. The normalized spacial score (nSPS) is 14.5. The van der Waals surface area contributed by atoms with Gasteiger partial charge in [0.05, 0.1) is 5.54 Å². The summed E-state index contributed by atoms with van der Waals surface area (Å²) in [5.41, 5.74) is 0.492. The molecule has 0 aromatic heterocycles. The molecule has 1 aromatic rings. The van der Waals surface area contributed by atoms with Crippen LogP contribution in [-0.2, 0) is 11.3 Å². The van der Waals surface area contributed by atoms with E-state index < -0.39 is 5.54 Å². The molecule has 5 heteroatoms. The van der Waals surface area contributed by atoms with Crippen molar-refractivity contribution in [1.82, 2.24) is 10.6 Å². The first-order valence-electron chi connectivity index (χ1n) is 8.09.